The summed E-state index contributed by atoms with van der Waals surface area (Å²) >= 11 is 0. The zero-order chi connectivity index (χ0) is 16.9. The quantitative estimate of drug-likeness (QED) is 0.757. The summed E-state index contributed by atoms with van der Waals surface area (Å²) in [5.74, 6) is -0.475. The monoisotopic (exact) mass is 322 g/mol. The molecule has 0 aliphatic heterocycles. The summed E-state index contributed by atoms with van der Waals surface area (Å²) < 4.78 is 13.9. The molecular weight excluding hydrogens is 303 g/mol. The van der Waals surface area contributed by atoms with Crippen LogP contribution in [0.3, 0.4) is 0 Å². The third-order valence-corrected chi connectivity index (χ3v) is 4.06. The van der Waals surface area contributed by atoms with E-state index in [1.807, 2.05) is 42.5 Å². The molecule has 3 rings (SSSR count). The van der Waals surface area contributed by atoms with Gasteiger partial charge in [-0.05, 0) is 28.0 Å². The van der Waals surface area contributed by atoms with Crippen LogP contribution in [0.5, 0.6) is 0 Å². The zero-order valence-corrected chi connectivity index (χ0v) is 13.3. The third kappa shape index (κ3) is 3.60. The fourth-order valence-corrected chi connectivity index (χ4v) is 2.74. The first-order valence-corrected chi connectivity index (χ1v) is 7.88. The summed E-state index contributed by atoms with van der Waals surface area (Å²) in [7, 11) is 0. The highest BCUT2D eigenvalue weighted by atomic mass is 19.1. The van der Waals surface area contributed by atoms with E-state index in [4.69, 9.17) is 5.73 Å². The molecule has 0 fully saturated rings. The lowest BCUT2D eigenvalue weighted by molar-refractivity contribution is -0.120. The number of nitrogens with one attached hydrogen (secondary N) is 1. The molecule has 0 heterocycles. The SMILES string of the molecule is NCc1ccc(CNC(=O)Cc2cccc3ccccc23)c(F)c1. The van der Waals surface area contributed by atoms with Crippen molar-refractivity contribution < 1.29 is 9.18 Å². The van der Waals surface area contributed by atoms with Gasteiger partial charge < -0.3 is 11.1 Å². The lowest BCUT2D eigenvalue weighted by atomic mass is 10.0. The molecule has 0 aliphatic rings. The number of hydrogen-bond acceptors (Lipinski definition) is 2. The maximum Gasteiger partial charge on any atom is 0.224 e. The second-order valence-corrected chi connectivity index (χ2v) is 5.72. The summed E-state index contributed by atoms with van der Waals surface area (Å²) in [4.78, 5) is 12.2. The van der Waals surface area contributed by atoms with Crippen LogP contribution in [0.25, 0.3) is 10.8 Å². The Morgan fingerprint density at radius 2 is 1.79 bits per heavy atom. The molecule has 0 aliphatic carbocycles. The Kier molecular flexibility index (Phi) is 4.87. The molecule has 3 nitrogen and oxygen atoms in total. The number of amides is 1. The van der Waals surface area contributed by atoms with Gasteiger partial charge in [-0.2, -0.15) is 0 Å². The van der Waals surface area contributed by atoms with E-state index < -0.39 is 0 Å². The van der Waals surface area contributed by atoms with Crippen LogP contribution in [0.15, 0.2) is 60.7 Å². The largest absolute Gasteiger partial charge is 0.352 e. The van der Waals surface area contributed by atoms with Crippen LogP contribution >= 0.6 is 0 Å². The predicted octanol–water partition coefficient (Wildman–Crippen LogP) is 3.30. The van der Waals surface area contributed by atoms with Gasteiger partial charge in [0, 0.05) is 18.7 Å². The van der Waals surface area contributed by atoms with Gasteiger partial charge in [0.05, 0.1) is 6.42 Å². The average Bonchev–Trinajstić information content (AvgIpc) is 2.61. The first-order chi connectivity index (χ1) is 11.7. The molecule has 0 bridgehead atoms. The molecule has 0 unspecified atom stereocenters. The lowest BCUT2D eigenvalue weighted by Gasteiger charge is -2.09. The number of benzene rings is 3. The van der Waals surface area contributed by atoms with E-state index in [1.54, 1.807) is 12.1 Å². The normalized spacial score (nSPS) is 10.8. The van der Waals surface area contributed by atoms with E-state index in [2.05, 4.69) is 5.32 Å². The van der Waals surface area contributed by atoms with Crippen LogP contribution in [-0.2, 0) is 24.3 Å². The summed E-state index contributed by atoms with van der Waals surface area (Å²) in [6.45, 7) is 0.463. The second-order valence-electron chi connectivity index (χ2n) is 5.72. The average molecular weight is 322 g/mol. The van der Waals surface area contributed by atoms with E-state index in [9.17, 15) is 9.18 Å². The molecule has 1 amide bonds. The minimum Gasteiger partial charge on any atom is -0.352 e. The third-order valence-electron chi connectivity index (χ3n) is 4.06. The van der Waals surface area contributed by atoms with Gasteiger partial charge in [-0.3, -0.25) is 4.79 Å². The number of hydrogen-bond donors (Lipinski definition) is 2. The lowest BCUT2D eigenvalue weighted by Crippen LogP contribution is -2.25. The zero-order valence-electron chi connectivity index (χ0n) is 13.3. The Balaban J connectivity index is 1.67. The van der Waals surface area contributed by atoms with Crippen molar-refractivity contribution in [1.29, 1.82) is 0 Å². The number of rotatable bonds is 5. The van der Waals surface area contributed by atoms with Crippen molar-refractivity contribution in [3.63, 3.8) is 0 Å². The van der Waals surface area contributed by atoms with E-state index in [0.717, 1.165) is 21.9 Å². The summed E-state index contributed by atoms with van der Waals surface area (Å²) in [6, 6.07) is 18.7. The highest BCUT2D eigenvalue weighted by Crippen LogP contribution is 2.19. The smallest absolute Gasteiger partial charge is 0.224 e. The number of fused-ring (bicyclic) bond motifs is 1. The predicted molar refractivity (Wildman–Crippen MR) is 93.8 cm³/mol. The number of carbonyl (C=O) groups excluding carboxylic acids is 1. The van der Waals surface area contributed by atoms with Crippen molar-refractivity contribution in [3.8, 4) is 0 Å². The van der Waals surface area contributed by atoms with Crippen LogP contribution in [0.2, 0.25) is 0 Å². The van der Waals surface area contributed by atoms with Gasteiger partial charge in [0.1, 0.15) is 5.82 Å². The standard InChI is InChI=1S/C20H19FN2O/c21-19-10-14(12-22)8-9-17(19)13-23-20(24)11-16-6-3-5-15-4-1-2-7-18(15)16/h1-10H,11-13,22H2,(H,23,24). The van der Waals surface area contributed by atoms with Gasteiger partial charge in [0.25, 0.3) is 0 Å². The molecule has 4 heteroatoms. The number of nitrogens with two attached hydrogens (primary N) is 1. The maximum absolute atomic E-state index is 13.9. The molecule has 0 spiro atoms. The Morgan fingerprint density at radius 1 is 1.00 bits per heavy atom. The van der Waals surface area contributed by atoms with Gasteiger partial charge in [-0.25, -0.2) is 4.39 Å². The van der Waals surface area contributed by atoms with E-state index in [-0.39, 0.29) is 24.7 Å². The second kappa shape index (κ2) is 7.23. The van der Waals surface area contributed by atoms with Gasteiger partial charge in [-0.1, -0.05) is 54.6 Å². The van der Waals surface area contributed by atoms with Gasteiger partial charge in [0.2, 0.25) is 5.91 Å². The van der Waals surface area contributed by atoms with Crippen molar-refractivity contribution in [2.24, 2.45) is 5.73 Å². The molecule has 3 aromatic rings. The fraction of sp³-hybridized carbons (Fsp3) is 0.150. The minimum absolute atomic E-state index is 0.131. The molecule has 0 saturated heterocycles. The first kappa shape index (κ1) is 16.1. The van der Waals surface area contributed by atoms with Gasteiger partial charge in [0.15, 0.2) is 0 Å². The topological polar surface area (TPSA) is 55.1 Å². The van der Waals surface area contributed by atoms with Crippen LogP contribution in [0.4, 0.5) is 4.39 Å². The molecule has 3 N–H and O–H groups in total. The van der Waals surface area contributed by atoms with Crippen molar-refractivity contribution in [2.45, 2.75) is 19.5 Å². The number of carbonyl (C=O) groups is 1. The maximum atomic E-state index is 13.9. The number of halogens is 1. The fourth-order valence-electron chi connectivity index (χ4n) is 2.74. The van der Waals surface area contributed by atoms with Crippen molar-refractivity contribution >= 4 is 16.7 Å². The van der Waals surface area contributed by atoms with Crippen LogP contribution in [0.1, 0.15) is 16.7 Å². The molecule has 122 valence electrons. The molecule has 0 aromatic heterocycles. The summed E-state index contributed by atoms with van der Waals surface area (Å²) in [5, 5.41) is 4.95. The molecule has 0 radical (unpaired) electrons. The molecule has 3 aromatic carbocycles. The highest BCUT2D eigenvalue weighted by Gasteiger charge is 2.08. The Bertz CT molecular complexity index is 871. The molecule has 0 atom stereocenters. The van der Waals surface area contributed by atoms with Crippen LogP contribution in [-0.4, -0.2) is 5.91 Å². The van der Waals surface area contributed by atoms with Crippen LogP contribution in [0, 0.1) is 5.82 Å². The van der Waals surface area contributed by atoms with E-state index in [1.165, 1.54) is 6.07 Å². The first-order valence-electron chi connectivity index (χ1n) is 7.88. The van der Waals surface area contributed by atoms with Gasteiger partial charge >= 0.3 is 0 Å². The molecular formula is C20H19FN2O. The van der Waals surface area contributed by atoms with Crippen molar-refractivity contribution in [2.75, 3.05) is 0 Å². The Hall–Kier alpha value is -2.72. The van der Waals surface area contributed by atoms with Crippen molar-refractivity contribution in [3.05, 3.63) is 83.2 Å². The molecule has 24 heavy (non-hydrogen) atoms. The highest BCUT2D eigenvalue weighted by molar-refractivity contribution is 5.90. The summed E-state index contributed by atoms with van der Waals surface area (Å²) in [5.41, 5.74) is 7.64. The minimum atomic E-state index is -0.344. The van der Waals surface area contributed by atoms with Crippen LogP contribution < -0.4 is 11.1 Å². The molecule has 0 saturated carbocycles. The van der Waals surface area contributed by atoms with E-state index in [0.29, 0.717) is 12.1 Å². The summed E-state index contributed by atoms with van der Waals surface area (Å²) in [6.07, 6.45) is 0.268. The van der Waals surface area contributed by atoms with Gasteiger partial charge in [-0.15, -0.1) is 0 Å². The Labute approximate surface area is 140 Å². The van der Waals surface area contributed by atoms with Crippen molar-refractivity contribution in [1.82, 2.24) is 5.32 Å². The van der Waals surface area contributed by atoms with E-state index >= 15 is 0 Å². The Morgan fingerprint density at radius 3 is 2.58 bits per heavy atom.